The summed E-state index contributed by atoms with van der Waals surface area (Å²) < 4.78 is 0. The number of hydrogen-bond donors (Lipinski definition) is 7. The van der Waals surface area contributed by atoms with Crippen LogP contribution in [-0.4, -0.2) is 44.4 Å². The first-order chi connectivity index (χ1) is 7.11. The minimum Gasteiger partial charge on any atom is -0.310 e. The Morgan fingerprint density at radius 3 is 1.56 bits per heavy atom. The first-order valence-electron chi connectivity index (χ1n) is 3.73. The van der Waals surface area contributed by atoms with Gasteiger partial charge in [0.25, 0.3) is 0 Å². The van der Waals surface area contributed by atoms with Gasteiger partial charge in [0.1, 0.15) is 11.9 Å². The fourth-order valence-corrected chi connectivity index (χ4v) is 3.36. The van der Waals surface area contributed by atoms with Gasteiger partial charge in [-0.15, -0.1) is 0 Å². The van der Waals surface area contributed by atoms with Gasteiger partial charge in [-0.05, 0) is 0 Å². The maximum atomic E-state index is 9.67. The predicted octanol–water partition coefficient (Wildman–Crippen LogP) is -1.94. The van der Waals surface area contributed by atoms with E-state index in [-0.39, 0.29) is 0 Å². The van der Waals surface area contributed by atoms with Crippen molar-refractivity contribution in [3.8, 4) is 0 Å². The molecule has 7 N–H and O–H groups in total. The highest BCUT2D eigenvalue weighted by molar-refractivity contribution is 7.77. The molecule has 1 heterocycles. The molecule has 0 aliphatic rings. The van der Waals surface area contributed by atoms with Gasteiger partial charge in [-0.3, -0.25) is 0 Å². The minimum absolute atomic E-state index is 0.628. The number of aliphatic hydroxyl groups is 1. The molecule has 0 bridgehead atoms. The van der Waals surface area contributed by atoms with Gasteiger partial charge in [0.15, 0.2) is 0 Å². The van der Waals surface area contributed by atoms with Crippen LogP contribution in [0.4, 0.5) is 0 Å². The quantitative estimate of drug-likeness (QED) is 0.309. The topological polar surface area (TPSA) is 167 Å². The van der Waals surface area contributed by atoms with Gasteiger partial charge in [0.2, 0.25) is 0 Å². The van der Waals surface area contributed by atoms with Crippen LogP contribution in [0.3, 0.4) is 0 Å². The predicted molar refractivity (Wildman–Crippen MR) is 53.1 cm³/mol. The molecule has 1 aromatic rings. The normalized spacial score (nSPS) is 13.9. The third-order valence-electron chi connectivity index (χ3n) is 1.78. The summed E-state index contributed by atoms with van der Waals surface area (Å²) >= 11 is 0. The van der Waals surface area contributed by atoms with Crippen LogP contribution in [0.5, 0.6) is 0 Å². The summed E-state index contributed by atoms with van der Waals surface area (Å²) in [5.74, 6) is 0. The average Bonchev–Trinajstić information content (AvgIpc) is 2.14. The van der Waals surface area contributed by atoms with Crippen LogP contribution in [0.25, 0.3) is 0 Å². The van der Waals surface area contributed by atoms with Crippen molar-refractivity contribution in [2.24, 2.45) is 0 Å². The molecule has 0 aliphatic heterocycles. The van der Waals surface area contributed by atoms with Gasteiger partial charge >= 0.3 is 21.0 Å². The van der Waals surface area contributed by atoms with Gasteiger partial charge in [0, 0.05) is 12.4 Å². The molecule has 0 saturated carbocycles. The highest BCUT2D eigenvalue weighted by atomic mass is 31.3. The lowest BCUT2D eigenvalue weighted by Crippen LogP contribution is -2.32. The molecule has 0 spiro atoms. The van der Waals surface area contributed by atoms with Crippen molar-refractivity contribution in [2.45, 2.75) is 5.08 Å². The monoisotopic (exact) mass is 272 g/mol. The van der Waals surface area contributed by atoms with E-state index in [1.54, 1.807) is 0 Å². The first kappa shape index (κ1) is 13.7. The van der Waals surface area contributed by atoms with Crippen LogP contribution in [0.1, 0.15) is 5.56 Å². The molecule has 0 radical (unpaired) electrons. The SMILES string of the molecule is OC(c1cncnc1)([P+](O)(O)O)[P+](O)(O)O. The van der Waals surface area contributed by atoms with Gasteiger partial charge in [0.05, 0.1) is 0 Å². The van der Waals surface area contributed by atoms with Crippen molar-refractivity contribution in [3.63, 3.8) is 0 Å². The molecule has 0 saturated heterocycles. The maximum absolute atomic E-state index is 9.67. The molecule has 16 heavy (non-hydrogen) atoms. The maximum Gasteiger partial charge on any atom is 0.495 e. The fourth-order valence-electron chi connectivity index (χ4n) is 0.999. The third-order valence-corrected chi connectivity index (χ3v) is 5.58. The Morgan fingerprint density at radius 2 is 1.25 bits per heavy atom. The molecule has 0 unspecified atom stereocenters. The van der Waals surface area contributed by atoms with Gasteiger partial charge in [-0.25, -0.2) is 9.97 Å². The van der Waals surface area contributed by atoms with E-state index in [1.807, 2.05) is 0 Å². The second-order valence-corrected chi connectivity index (χ2v) is 6.82. The zero-order valence-corrected chi connectivity index (χ0v) is 9.44. The molecule has 0 aromatic carbocycles. The number of hydrogen-bond acceptors (Lipinski definition) is 9. The Bertz CT molecular complexity index is 347. The van der Waals surface area contributed by atoms with Crippen molar-refractivity contribution in [1.82, 2.24) is 9.97 Å². The van der Waals surface area contributed by atoms with Crippen molar-refractivity contribution in [3.05, 3.63) is 24.3 Å². The summed E-state index contributed by atoms with van der Waals surface area (Å²) in [6, 6.07) is 0. The molecule has 1 rings (SSSR count). The minimum atomic E-state index is -5.21. The lowest BCUT2D eigenvalue weighted by molar-refractivity contribution is 0.103. The molecule has 9 nitrogen and oxygen atoms in total. The Hall–Kier alpha value is -0.340. The number of aromatic nitrogens is 2. The molecule has 90 valence electrons. The summed E-state index contributed by atoms with van der Waals surface area (Å²) in [6.07, 6.45) is 2.60. The van der Waals surface area contributed by atoms with E-state index in [4.69, 9.17) is 29.4 Å². The Labute approximate surface area is 90.5 Å². The molecule has 1 aromatic heterocycles. The van der Waals surface area contributed by atoms with Crippen molar-refractivity contribution in [1.29, 1.82) is 0 Å². The zero-order valence-electron chi connectivity index (χ0n) is 7.65. The second-order valence-electron chi connectivity index (χ2n) is 2.90. The lowest BCUT2D eigenvalue weighted by atomic mass is 10.4. The largest absolute Gasteiger partial charge is 0.495 e. The van der Waals surface area contributed by atoms with Gasteiger partial charge < -0.3 is 5.11 Å². The van der Waals surface area contributed by atoms with Crippen LogP contribution in [-0.2, 0) is 5.08 Å². The fraction of sp³-hybridized carbons (Fsp3) is 0.200. The third kappa shape index (κ3) is 2.18. The van der Waals surface area contributed by atoms with Gasteiger partial charge in [-0.1, -0.05) is 0 Å². The molecule has 0 amide bonds. The summed E-state index contributed by atoms with van der Waals surface area (Å²) in [4.78, 5) is 60.7. The zero-order chi connectivity index (χ0) is 12.6. The Kier molecular flexibility index (Phi) is 3.56. The van der Waals surface area contributed by atoms with E-state index in [9.17, 15) is 5.11 Å². The standard InChI is InChI=1S/C5H10N2O7P2/c8-5(15(9,10)11,16(12,13)14)4-1-6-3-7-2-4/h1-3,8-14H/q+2. The molecule has 0 fully saturated rings. The van der Waals surface area contributed by atoms with Crippen molar-refractivity contribution >= 4 is 15.9 Å². The Morgan fingerprint density at radius 1 is 0.875 bits per heavy atom. The van der Waals surface area contributed by atoms with E-state index < -0.39 is 26.5 Å². The van der Waals surface area contributed by atoms with Crippen molar-refractivity contribution < 1.29 is 34.5 Å². The van der Waals surface area contributed by atoms with E-state index in [1.165, 1.54) is 0 Å². The molecular formula is C5H10N2O7P2+2. The second kappa shape index (κ2) is 4.15. The van der Waals surface area contributed by atoms with Crippen LogP contribution < -0.4 is 0 Å². The number of nitrogens with zero attached hydrogens (tertiary/aromatic N) is 2. The Balaban J connectivity index is 3.39. The molecular weight excluding hydrogens is 262 g/mol. The van der Waals surface area contributed by atoms with E-state index in [0.29, 0.717) is 0 Å². The summed E-state index contributed by atoms with van der Waals surface area (Å²) in [5.41, 5.74) is -0.628. The van der Waals surface area contributed by atoms with Crippen LogP contribution >= 0.6 is 15.9 Å². The van der Waals surface area contributed by atoms with Gasteiger partial charge in [-0.2, -0.15) is 29.4 Å². The number of rotatable bonds is 3. The van der Waals surface area contributed by atoms with Crippen LogP contribution in [0.15, 0.2) is 18.7 Å². The van der Waals surface area contributed by atoms with E-state index in [2.05, 4.69) is 9.97 Å². The average molecular weight is 272 g/mol. The van der Waals surface area contributed by atoms with Crippen LogP contribution in [0.2, 0.25) is 0 Å². The lowest BCUT2D eigenvalue weighted by Gasteiger charge is -2.24. The van der Waals surface area contributed by atoms with Crippen LogP contribution in [0, 0.1) is 0 Å². The highest BCUT2D eigenvalue weighted by Gasteiger charge is 2.80. The smallest absolute Gasteiger partial charge is 0.310 e. The van der Waals surface area contributed by atoms with Crippen molar-refractivity contribution in [2.75, 3.05) is 0 Å². The summed E-state index contributed by atoms with van der Waals surface area (Å²) in [5, 5.41) is 6.27. The summed E-state index contributed by atoms with van der Waals surface area (Å²) in [7, 11) is -10.4. The first-order valence-corrected chi connectivity index (χ1v) is 7.03. The van der Waals surface area contributed by atoms with E-state index >= 15 is 0 Å². The molecule has 0 atom stereocenters. The summed E-state index contributed by atoms with van der Waals surface area (Å²) in [6.45, 7) is 0. The molecule has 11 heteroatoms. The van der Waals surface area contributed by atoms with E-state index in [0.717, 1.165) is 18.7 Å². The highest BCUT2D eigenvalue weighted by Crippen LogP contribution is 2.80. The molecule has 0 aliphatic carbocycles.